The highest BCUT2D eigenvalue weighted by atomic mass is 79.9. The zero-order valence-corrected chi connectivity index (χ0v) is 20.0. The lowest BCUT2D eigenvalue weighted by atomic mass is 10.3. The zero-order chi connectivity index (χ0) is 22.5. The van der Waals surface area contributed by atoms with Crippen LogP contribution in [0.4, 0.5) is 17.5 Å². The summed E-state index contributed by atoms with van der Waals surface area (Å²) in [7, 11) is 2.14. The number of aromatic nitrogens is 4. The number of ether oxygens (including phenoxy) is 1. The van der Waals surface area contributed by atoms with Crippen LogP contribution < -0.4 is 10.6 Å². The maximum atomic E-state index is 12.0. The van der Waals surface area contributed by atoms with Crippen LogP contribution in [0.1, 0.15) is 24.6 Å². The zero-order valence-electron chi connectivity index (χ0n) is 18.4. The molecule has 4 heterocycles. The molecule has 172 valence electrons. The molecule has 0 radical (unpaired) electrons. The lowest BCUT2D eigenvalue weighted by Crippen LogP contribution is -2.34. The molecule has 2 aromatic heterocycles. The van der Waals surface area contributed by atoms with Crippen LogP contribution in [0.25, 0.3) is 0 Å². The monoisotopic (exact) mass is 504 g/mol. The molecule has 2 aliphatic heterocycles. The first-order chi connectivity index (χ1) is 15.5. The minimum absolute atomic E-state index is 0.00451. The average Bonchev–Trinajstić information content (AvgIpc) is 3.30. The summed E-state index contributed by atoms with van der Waals surface area (Å²) >= 11 is 3.51. The van der Waals surface area contributed by atoms with Crippen LogP contribution in [0.15, 0.2) is 29.2 Å². The topological polar surface area (TPSA) is 100 Å². The lowest BCUT2D eigenvalue weighted by Gasteiger charge is -2.19. The molecule has 0 saturated carbocycles. The molecule has 1 saturated heterocycles. The highest BCUT2D eigenvalue weighted by Crippen LogP contribution is 2.26. The van der Waals surface area contributed by atoms with E-state index in [1.54, 1.807) is 17.4 Å². The van der Waals surface area contributed by atoms with E-state index in [1.807, 2.05) is 23.9 Å². The fourth-order valence-corrected chi connectivity index (χ4v) is 4.17. The summed E-state index contributed by atoms with van der Waals surface area (Å²) in [5, 5.41) is 11.3. The second-order valence-corrected chi connectivity index (χ2v) is 8.99. The molecule has 2 N–H and O–H groups in total. The largest absolute Gasteiger partial charge is 0.492 e. The Morgan fingerprint density at radius 3 is 3.06 bits per heavy atom. The first-order valence-electron chi connectivity index (χ1n) is 10.8. The van der Waals surface area contributed by atoms with Crippen molar-refractivity contribution in [2.75, 3.05) is 57.0 Å². The van der Waals surface area contributed by atoms with Crippen LogP contribution in [0, 0.1) is 6.92 Å². The van der Waals surface area contributed by atoms with Crippen molar-refractivity contribution >= 4 is 39.3 Å². The van der Waals surface area contributed by atoms with Crippen molar-refractivity contribution in [3.05, 3.63) is 34.9 Å². The lowest BCUT2D eigenvalue weighted by molar-refractivity contribution is -0.133. The van der Waals surface area contributed by atoms with E-state index in [0.29, 0.717) is 37.4 Å². The molecule has 0 unspecified atom stereocenters. The molecule has 32 heavy (non-hydrogen) atoms. The first kappa shape index (κ1) is 22.5. The molecule has 11 heteroatoms. The Kier molecular flexibility index (Phi) is 7.26. The summed E-state index contributed by atoms with van der Waals surface area (Å²) in [4.78, 5) is 25.1. The quantitative estimate of drug-likeness (QED) is 0.529. The molecule has 10 nitrogen and oxygen atoms in total. The Labute approximate surface area is 196 Å². The minimum atomic E-state index is 0.00451. The highest BCUT2D eigenvalue weighted by molar-refractivity contribution is 9.10. The van der Waals surface area contributed by atoms with Crippen molar-refractivity contribution in [2.24, 2.45) is 0 Å². The van der Waals surface area contributed by atoms with Gasteiger partial charge < -0.3 is 25.2 Å². The number of hydrogen-bond acceptors (Lipinski definition) is 8. The van der Waals surface area contributed by atoms with Crippen LogP contribution in [0.3, 0.4) is 0 Å². The van der Waals surface area contributed by atoms with Gasteiger partial charge in [0.05, 0.1) is 28.2 Å². The van der Waals surface area contributed by atoms with Gasteiger partial charge >= 0.3 is 0 Å². The maximum absolute atomic E-state index is 12.0. The number of amides is 1. The number of likely N-dealkylation sites (tertiary alicyclic amines) is 1. The van der Waals surface area contributed by atoms with E-state index in [0.717, 1.165) is 41.8 Å². The Hall–Kier alpha value is -2.66. The van der Waals surface area contributed by atoms with Gasteiger partial charge in [-0.3, -0.25) is 9.48 Å². The fourth-order valence-electron chi connectivity index (χ4n) is 3.83. The molecule has 1 amide bonds. The van der Waals surface area contributed by atoms with E-state index in [9.17, 15) is 4.79 Å². The van der Waals surface area contributed by atoms with Gasteiger partial charge in [0.15, 0.2) is 6.61 Å². The Morgan fingerprint density at radius 2 is 2.25 bits per heavy atom. The molecule has 2 aliphatic rings. The number of nitrogens with zero attached hydrogens (tertiary/aromatic N) is 6. The summed E-state index contributed by atoms with van der Waals surface area (Å²) in [6, 6.07) is 0.399. The third kappa shape index (κ3) is 5.57. The van der Waals surface area contributed by atoms with Crippen molar-refractivity contribution < 1.29 is 9.53 Å². The van der Waals surface area contributed by atoms with Gasteiger partial charge in [-0.2, -0.15) is 10.1 Å². The molecule has 0 aromatic carbocycles. The van der Waals surface area contributed by atoms with Crippen LogP contribution in [0.2, 0.25) is 0 Å². The molecular weight excluding hydrogens is 476 g/mol. The molecule has 1 atom stereocenters. The first-order valence-corrected chi connectivity index (χ1v) is 11.6. The van der Waals surface area contributed by atoms with Gasteiger partial charge in [-0.05, 0) is 55.4 Å². The number of rotatable bonds is 8. The summed E-state index contributed by atoms with van der Waals surface area (Å²) in [6.07, 6.45) is 9.09. The van der Waals surface area contributed by atoms with Crippen molar-refractivity contribution in [2.45, 2.75) is 25.8 Å². The van der Waals surface area contributed by atoms with Crippen LogP contribution in [0.5, 0.6) is 0 Å². The van der Waals surface area contributed by atoms with Crippen LogP contribution >= 0.6 is 15.9 Å². The molecule has 0 spiro atoms. The van der Waals surface area contributed by atoms with E-state index in [4.69, 9.17) is 4.74 Å². The van der Waals surface area contributed by atoms with E-state index >= 15 is 0 Å². The summed E-state index contributed by atoms with van der Waals surface area (Å²) in [5.41, 5.74) is 1.82. The fraction of sp³-hybridized carbons (Fsp3) is 0.524. The number of anilines is 3. The third-order valence-corrected chi connectivity index (χ3v) is 6.20. The maximum Gasteiger partial charge on any atom is 0.260 e. The van der Waals surface area contributed by atoms with Crippen molar-refractivity contribution in [3.63, 3.8) is 0 Å². The number of halogens is 1. The number of likely N-dealkylation sites (N-methyl/N-ethyl adjacent to an activating group) is 1. The van der Waals surface area contributed by atoms with Gasteiger partial charge in [0, 0.05) is 38.6 Å². The molecule has 2 aromatic rings. The molecule has 0 bridgehead atoms. The third-order valence-electron chi connectivity index (χ3n) is 5.62. The van der Waals surface area contributed by atoms with E-state index in [1.165, 1.54) is 0 Å². The highest BCUT2D eigenvalue weighted by Gasteiger charge is 2.23. The Bertz CT molecular complexity index is 979. The van der Waals surface area contributed by atoms with Gasteiger partial charge in [-0.25, -0.2) is 4.98 Å². The number of carbonyl (C=O) groups is 1. The second kappa shape index (κ2) is 10.3. The summed E-state index contributed by atoms with van der Waals surface area (Å²) in [5.74, 6) is 1.21. The SMILES string of the molecule is Cc1nn([C@@H]2CCN(C)C2)cc1Nc1ncc(Br)c(NCCCN2CC=COCC2=O)n1. The van der Waals surface area contributed by atoms with Gasteiger partial charge in [-0.15, -0.1) is 0 Å². The Morgan fingerprint density at radius 1 is 1.38 bits per heavy atom. The molecule has 0 aliphatic carbocycles. The number of carbonyl (C=O) groups excluding carboxylic acids is 1. The van der Waals surface area contributed by atoms with Crippen LogP contribution in [-0.4, -0.2) is 81.8 Å². The van der Waals surface area contributed by atoms with Gasteiger partial charge in [0.1, 0.15) is 5.82 Å². The predicted octanol–water partition coefficient (Wildman–Crippen LogP) is 2.54. The van der Waals surface area contributed by atoms with E-state index in [2.05, 4.69) is 53.6 Å². The normalized spacial score (nSPS) is 19.2. The van der Waals surface area contributed by atoms with Gasteiger partial charge in [-0.1, -0.05) is 0 Å². The van der Waals surface area contributed by atoms with Crippen molar-refractivity contribution in [1.29, 1.82) is 0 Å². The number of aryl methyl sites for hydroxylation is 1. The van der Waals surface area contributed by atoms with E-state index in [-0.39, 0.29) is 12.5 Å². The smallest absolute Gasteiger partial charge is 0.260 e. The standard InChI is InChI=1S/C21H29BrN8O2/c1-15-18(13-30(27-15)16-5-9-28(2)12-16)25-21-24-11-17(22)20(26-21)23-6-3-7-29-8-4-10-32-14-19(29)31/h4,10-11,13,16H,3,5-9,12,14H2,1-2H3,(H2,23,24,25,26)/t16-/m1/s1. The number of nitrogens with one attached hydrogen (secondary N) is 2. The van der Waals surface area contributed by atoms with Crippen LogP contribution in [-0.2, 0) is 9.53 Å². The molecular formula is C21H29BrN8O2. The van der Waals surface area contributed by atoms with Gasteiger partial charge in [0.25, 0.3) is 5.91 Å². The summed E-state index contributed by atoms with van der Waals surface area (Å²) < 4.78 is 7.94. The molecule has 1 fully saturated rings. The van der Waals surface area contributed by atoms with Crippen molar-refractivity contribution in [1.82, 2.24) is 29.5 Å². The predicted molar refractivity (Wildman–Crippen MR) is 126 cm³/mol. The second-order valence-electron chi connectivity index (χ2n) is 8.13. The van der Waals surface area contributed by atoms with E-state index < -0.39 is 0 Å². The summed E-state index contributed by atoms with van der Waals surface area (Å²) in [6.45, 7) is 6.10. The number of hydrogen-bond donors (Lipinski definition) is 2. The minimum Gasteiger partial charge on any atom is -0.492 e. The Balaban J connectivity index is 1.33. The average molecular weight is 505 g/mol. The molecule has 4 rings (SSSR count). The van der Waals surface area contributed by atoms with Gasteiger partial charge in [0.2, 0.25) is 5.95 Å². The van der Waals surface area contributed by atoms with Crippen molar-refractivity contribution in [3.8, 4) is 0 Å².